The van der Waals surface area contributed by atoms with Crippen molar-refractivity contribution in [3.05, 3.63) is 11.8 Å². The summed E-state index contributed by atoms with van der Waals surface area (Å²) in [5.74, 6) is 0.564. The maximum atomic E-state index is 11.8. The van der Waals surface area contributed by atoms with Crippen molar-refractivity contribution >= 4 is 17.7 Å². The van der Waals surface area contributed by atoms with E-state index in [4.69, 9.17) is 4.74 Å². The number of anilines is 2. The number of aliphatic carboxylic acids is 1. The topological polar surface area (TPSA) is 87.6 Å². The monoisotopic (exact) mass is 308 g/mol. The first-order valence-corrected chi connectivity index (χ1v) is 7.51. The summed E-state index contributed by atoms with van der Waals surface area (Å²) in [5.41, 5.74) is 0.0685. The van der Waals surface area contributed by atoms with Gasteiger partial charge in [-0.1, -0.05) is 0 Å². The summed E-state index contributed by atoms with van der Waals surface area (Å²) in [4.78, 5) is 22.7. The Morgan fingerprint density at radius 3 is 2.95 bits per heavy atom. The largest absolute Gasteiger partial charge is 0.481 e. The SMILES string of the molecule is CNc1cc(C)nc(N2CCC[C@@](CCOC)(C(=O)O)C2)n1. The number of nitrogens with one attached hydrogen (secondary N) is 1. The first-order chi connectivity index (χ1) is 10.5. The smallest absolute Gasteiger partial charge is 0.311 e. The lowest BCUT2D eigenvalue weighted by Gasteiger charge is -2.40. The number of carboxylic acid groups (broad SMARTS) is 1. The Hall–Kier alpha value is -1.89. The Balaban J connectivity index is 2.25. The summed E-state index contributed by atoms with van der Waals surface area (Å²) in [7, 11) is 3.40. The molecule has 1 aromatic rings. The summed E-state index contributed by atoms with van der Waals surface area (Å²) in [6, 6.07) is 1.86. The second-order valence-electron chi connectivity index (χ2n) is 5.80. The Morgan fingerprint density at radius 2 is 2.32 bits per heavy atom. The molecule has 0 bridgehead atoms. The van der Waals surface area contributed by atoms with Gasteiger partial charge < -0.3 is 20.1 Å². The molecule has 1 fully saturated rings. The number of nitrogens with zero attached hydrogens (tertiary/aromatic N) is 3. The summed E-state index contributed by atoms with van der Waals surface area (Å²) < 4.78 is 5.09. The molecule has 122 valence electrons. The quantitative estimate of drug-likeness (QED) is 0.824. The lowest BCUT2D eigenvalue weighted by atomic mass is 9.77. The van der Waals surface area contributed by atoms with E-state index in [0.29, 0.717) is 31.9 Å². The number of ether oxygens (including phenoxy) is 1. The minimum atomic E-state index is -0.791. The fourth-order valence-corrected chi connectivity index (χ4v) is 2.91. The predicted octanol–water partition coefficient (Wildman–Crippen LogP) is 1.53. The van der Waals surface area contributed by atoms with Crippen LogP contribution in [-0.4, -0.2) is 54.9 Å². The molecule has 0 spiro atoms. The number of methoxy groups -OCH3 is 1. The van der Waals surface area contributed by atoms with Gasteiger partial charge in [0.1, 0.15) is 5.82 Å². The highest BCUT2D eigenvalue weighted by atomic mass is 16.5. The highest BCUT2D eigenvalue weighted by Gasteiger charge is 2.42. The number of aromatic nitrogens is 2. The van der Waals surface area contributed by atoms with Gasteiger partial charge >= 0.3 is 5.97 Å². The maximum Gasteiger partial charge on any atom is 0.311 e. The minimum Gasteiger partial charge on any atom is -0.481 e. The van der Waals surface area contributed by atoms with E-state index < -0.39 is 11.4 Å². The van der Waals surface area contributed by atoms with Crippen molar-refractivity contribution in [3.63, 3.8) is 0 Å². The van der Waals surface area contributed by atoms with E-state index in [1.807, 2.05) is 24.9 Å². The predicted molar refractivity (Wildman–Crippen MR) is 84.3 cm³/mol. The van der Waals surface area contributed by atoms with Crippen LogP contribution in [0.2, 0.25) is 0 Å². The summed E-state index contributed by atoms with van der Waals surface area (Å²) in [6.07, 6.45) is 1.97. The summed E-state index contributed by atoms with van der Waals surface area (Å²) in [5, 5.41) is 12.7. The summed E-state index contributed by atoms with van der Waals surface area (Å²) in [6.45, 7) is 3.54. The molecule has 0 amide bonds. The van der Waals surface area contributed by atoms with Crippen LogP contribution in [0.5, 0.6) is 0 Å². The van der Waals surface area contributed by atoms with Gasteiger partial charge in [-0.05, 0) is 26.2 Å². The molecule has 7 heteroatoms. The number of carboxylic acids is 1. The van der Waals surface area contributed by atoms with E-state index in [1.54, 1.807) is 7.11 Å². The fourth-order valence-electron chi connectivity index (χ4n) is 2.91. The summed E-state index contributed by atoms with van der Waals surface area (Å²) >= 11 is 0. The molecule has 22 heavy (non-hydrogen) atoms. The van der Waals surface area contributed by atoms with Crippen LogP contribution in [-0.2, 0) is 9.53 Å². The van der Waals surface area contributed by atoms with Gasteiger partial charge in [0.05, 0.1) is 5.41 Å². The Bertz CT molecular complexity index is 538. The van der Waals surface area contributed by atoms with Crippen LogP contribution in [0.3, 0.4) is 0 Å². The molecule has 7 nitrogen and oxygen atoms in total. The van der Waals surface area contributed by atoms with Gasteiger partial charge in [-0.15, -0.1) is 0 Å². The van der Waals surface area contributed by atoms with Gasteiger partial charge in [-0.3, -0.25) is 4.79 Å². The van der Waals surface area contributed by atoms with Gasteiger partial charge in [0, 0.05) is 45.6 Å². The molecule has 0 aromatic carbocycles. The van der Waals surface area contributed by atoms with E-state index in [9.17, 15) is 9.90 Å². The first-order valence-electron chi connectivity index (χ1n) is 7.51. The molecule has 2 heterocycles. The number of hydrogen-bond donors (Lipinski definition) is 2. The van der Waals surface area contributed by atoms with Crippen molar-refractivity contribution < 1.29 is 14.6 Å². The van der Waals surface area contributed by atoms with Gasteiger partial charge in [0.15, 0.2) is 0 Å². The van der Waals surface area contributed by atoms with Crippen molar-refractivity contribution in [3.8, 4) is 0 Å². The number of carbonyl (C=O) groups is 1. The molecule has 1 aromatic heterocycles. The van der Waals surface area contributed by atoms with Crippen molar-refractivity contribution in [2.75, 3.05) is 44.1 Å². The van der Waals surface area contributed by atoms with Gasteiger partial charge in [0.2, 0.25) is 5.95 Å². The van der Waals surface area contributed by atoms with Gasteiger partial charge in [0.25, 0.3) is 0 Å². The standard InChI is InChI=1S/C15H24N4O3/c1-11-9-12(16-2)18-14(17-11)19-7-4-5-15(10-19,13(20)21)6-8-22-3/h9H,4-8,10H2,1-3H3,(H,20,21)(H,16,17,18)/t15-/m0/s1. The molecule has 1 aliphatic heterocycles. The molecular formula is C15H24N4O3. The lowest BCUT2D eigenvalue weighted by Crippen LogP contribution is -2.49. The van der Waals surface area contributed by atoms with E-state index in [-0.39, 0.29) is 0 Å². The molecule has 1 saturated heterocycles. The zero-order valence-electron chi connectivity index (χ0n) is 13.4. The number of aryl methyl sites for hydroxylation is 1. The molecule has 2 N–H and O–H groups in total. The molecule has 0 radical (unpaired) electrons. The maximum absolute atomic E-state index is 11.8. The molecule has 0 saturated carbocycles. The van der Waals surface area contributed by atoms with Gasteiger partial charge in [-0.25, -0.2) is 4.98 Å². The highest BCUT2D eigenvalue weighted by molar-refractivity contribution is 5.76. The van der Waals surface area contributed by atoms with Crippen molar-refractivity contribution in [2.45, 2.75) is 26.2 Å². The molecular weight excluding hydrogens is 284 g/mol. The molecule has 2 rings (SSSR count). The Kier molecular flexibility index (Phi) is 5.18. The minimum absolute atomic E-state index is 0.415. The van der Waals surface area contributed by atoms with Crippen LogP contribution >= 0.6 is 0 Å². The molecule has 1 atom stereocenters. The van der Waals surface area contributed by atoms with Crippen LogP contribution in [0.1, 0.15) is 25.0 Å². The van der Waals surface area contributed by atoms with Crippen LogP contribution in [0.4, 0.5) is 11.8 Å². The second-order valence-corrected chi connectivity index (χ2v) is 5.80. The lowest BCUT2D eigenvalue weighted by molar-refractivity contribution is -0.150. The fraction of sp³-hybridized carbons (Fsp3) is 0.667. The molecule has 0 unspecified atom stereocenters. The third kappa shape index (κ3) is 3.47. The Labute approximate surface area is 130 Å². The van der Waals surface area contributed by atoms with Crippen LogP contribution in [0.25, 0.3) is 0 Å². The zero-order chi connectivity index (χ0) is 16.2. The number of piperidine rings is 1. The third-order valence-corrected chi connectivity index (χ3v) is 4.20. The van der Waals surface area contributed by atoms with Crippen LogP contribution in [0.15, 0.2) is 6.07 Å². The van der Waals surface area contributed by atoms with Crippen LogP contribution < -0.4 is 10.2 Å². The third-order valence-electron chi connectivity index (χ3n) is 4.20. The average Bonchev–Trinajstić information content (AvgIpc) is 2.52. The Morgan fingerprint density at radius 1 is 1.55 bits per heavy atom. The highest BCUT2D eigenvalue weighted by Crippen LogP contribution is 2.35. The normalized spacial score (nSPS) is 21.7. The zero-order valence-corrected chi connectivity index (χ0v) is 13.4. The van der Waals surface area contributed by atoms with Gasteiger partial charge in [-0.2, -0.15) is 4.98 Å². The van der Waals surface area contributed by atoms with Crippen molar-refractivity contribution in [1.29, 1.82) is 0 Å². The van der Waals surface area contributed by atoms with E-state index in [2.05, 4.69) is 15.3 Å². The van der Waals surface area contributed by atoms with E-state index >= 15 is 0 Å². The van der Waals surface area contributed by atoms with Crippen LogP contribution in [0, 0.1) is 12.3 Å². The molecule has 0 aliphatic carbocycles. The van der Waals surface area contributed by atoms with E-state index in [1.165, 1.54) is 0 Å². The first kappa shape index (κ1) is 16.5. The van der Waals surface area contributed by atoms with Crippen molar-refractivity contribution in [1.82, 2.24) is 9.97 Å². The second kappa shape index (κ2) is 6.91. The number of hydrogen-bond acceptors (Lipinski definition) is 6. The van der Waals surface area contributed by atoms with Crippen molar-refractivity contribution in [2.24, 2.45) is 5.41 Å². The number of rotatable bonds is 6. The average molecular weight is 308 g/mol. The van der Waals surface area contributed by atoms with E-state index in [0.717, 1.165) is 24.5 Å². The molecule has 1 aliphatic rings.